The zero-order valence-electron chi connectivity index (χ0n) is 5.55. The van der Waals surface area contributed by atoms with Crippen LogP contribution < -0.4 is 0 Å². The van der Waals surface area contributed by atoms with Crippen molar-refractivity contribution < 1.29 is 4.79 Å². The van der Waals surface area contributed by atoms with Gasteiger partial charge in [0.25, 0.3) is 0 Å². The maximum Gasteiger partial charge on any atom is 0.124 e. The minimum atomic E-state index is 0.411. The summed E-state index contributed by atoms with van der Waals surface area (Å²) in [6, 6.07) is 0. The third-order valence-electron chi connectivity index (χ3n) is 0.898. The second-order valence-electron chi connectivity index (χ2n) is 1.57. The monoisotopic (exact) mass is 122 g/mol. The Morgan fingerprint density at radius 1 is 1.78 bits per heavy atom. The standard InChI is InChI=1S/C8H10O/c1-3-5-8(4-2)6-7-9/h3,5,7H,2,6H2,1H3/b5-3-. The van der Waals surface area contributed by atoms with Crippen LogP contribution in [0.25, 0.3) is 0 Å². The molecule has 0 aliphatic heterocycles. The SMILES string of the molecule is C=C=C(/C=C\C)CC=O. The smallest absolute Gasteiger partial charge is 0.124 e. The Morgan fingerprint density at radius 3 is 2.78 bits per heavy atom. The molecule has 0 atom stereocenters. The van der Waals surface area contributed by atoms with Crippen molar-refractivity contribution in [2.75, 3.05) is 0 Å². The number of carbonyl (C=O) groups is 1. The van der Waals surface area contributed by atoms with Crippen LogP contribution in [-0.4, -0.2) is 6.29 Å². The lowest BCUT2D eigenvalue weighted by Gasteiger charge is -1.85. The number of rotatable bonds is 3. The third-order valence-corrected chi connectivity index (χ3v) is 0.898. The zero-order valence-corrected chi connectivity index (χ0v) is 5.55. The highest BCUT2D eigenvalue weighted by molar-refractivity contribution is 5.55. The van der Waals surface area contributed by atoms with Crippen molar-refractivity contribution in [3.63, 3.8) is 0 Å². The molecule has 0 radical (unpaired) electrons. The molecule has 0 N–H and O–H groups in total. The van der Waals surface area contributed by atoms with Crippen molar-refractivity contribution in [2.45, 2.75) is 13.3 Å². The van der Waals surface area contributed by atoms with Gasteiger partial charge in [0, 0.05) is 12.0 Å². The molecule has 0 saturated carbocycles. The Kier molecular flexibility index (Phi) is 4.47. The van der Waals surface area contributed by atoms with Gasteiger partial charge in [-0.25, -0.2) is 0 Å². The molecular formula is C8H10O. The summed E-state index contributed by atoms with van der Waals surface area (Å²) in [5, 5.41) is 0. The van der Waals surface area contributed by atoms with Crippen molar-refractivity contribution in [1.82, 2.24) is 0 Å². The maximum absolute atomic E-state index is 9.93. The second kappa shape index (κ2) is 5.07. The van der Waals surface area contributed by atoms with E-state index >= 15 is 0 Å². The Balaban J connectivity index is 4.01. The fourth-order valence-electron chi connectivity index (χ4n) is 0.490. The Labute approximate surface area is 55.4 Å². The van der Waals surface area contributed by atoms with Crippen molar-refractivity contribution in [3.8, 4) is 0 Å². The average molecular weight is 122 g/mol. The van der Waals surface area contributed by atoms with Gasteiger partial charge in [-0.1, -0.05) is 18.7 Å². The van der Waals surface area contributed by atoms with Crippen molar-refractivity contribution >= 4 is 6.29 Å². The topological polar surface area (TPSA) is 17.1 Å². The minimum Gasteiger partial charge on any atom is -0.303 e. The first-order chi connectivity index (χ1) is 4.35. The van der Waals surface area contributed by atoms with Gasteiger partial charge in [0.2, 0.25) is 0 Å². The Hall–Kier alpha value is -1.07. The van der Waals surface area contributed by atoms with Crippen LogP contribution in [-0.2, 0) is 4.79 Å². The molecule has 0 aromatic carbocycles. The summed E-state index contributed by atoms with van der Waals surface area (Å²) < 4.78 is 0. The van der Waals surface area contributed by atoms with Gasteiger partial charge in [-0.05, 0) is 6.92 Å². The Morgan fingerprint density at radius 2 is 2.44 bits per heavy atom. The van der Waals surface area contributed by atoms with E-state index in [0.29, 0.717) is 6.42 Å². The number of aldehydes is 1. The molecule has 0 aromatic heterocycles. The van der Waals surface area contributed by atoms with Crippen LogP contribution in [0.4, 0.5) is 0 Å². The van der Waals surface area contributed by atoms with E-state index < -0.39 is 0 Å². The highest BCUT2D eigenvalue weighted by Gasteiger charge is 1.84. The molecule has 48 valence electrons. The first kappa shape index (κ1) is 7.93. The molecule has 1 nitrogen and oxygen atoms in total. The predicted molar refractivity (Wildman–Crippen MR) is 38.1 cm³/mol. The molecular weight excluding hydrogens is 112 g/mol. The van der Waals surface area contributed by atoms with Gasteiger partial charge in [-0.2, -0.15) is 0 Å². The minimum absolute atomic E-state index is 0.411. The van der Waals surface area contributed by atoms with Crippen molar-refractivity contribution in [3.05, 3.63) is 30.0 Å². The third kappa shape index (κ3) is 3.51. The van der Waals surface area contributed by atoms with E-state index in [0.717, 1.165) is 11.9 Å². The van der Waals surface area contributed by atoms with Gasteiger partial charge >= 0.3 is 0 Å². The summed E-state index contributed by atoms with van der Waals surface area (Å²) in [6.45, 7) is 5.32. The molecule has 0 aliphatic carbocycles. The van der Waals surface area contributed by atoms with Crippen LogP contribution in [0.5, 0.6) is 0 Å². The van der Waals surface area contributed by atoms with Gasteiger partial charge in [0.15, 0.2) is 0 Å². The number of hydrogen-bond acceptors (Lipinski definition) is 1. The van der Waals surface area contributed by atoms with Gasteiger partial charge in [-0.3, -0.25) is 0 Å². The highest BCUT2D eigenvalue weighted by Crippen LogP contribution is 1.96. The first-order valence-electron chi connectivity index (χ1n) is 2.80. The van der Waals surface area contributed by atoms with Crippen LogP contribution in [0.3, 0.4) is 0 Å². The lowest BCUT2D eigenvalue weighted by molar-refractivity contribution is -0.107. The fourth-order valence-corrected chi connectivity index (χ4v) is 0.490. The van der Waals surface area contributed by atoms with E-state index in [1.165, 1.54) is 0 Å². The van der Waals surface area contributed by atoms with E-state index in [9.17, 15) is 4.79 Å². The molecule has 0 bridgehead atoms. The number of carbonyl (C=O) groups excluding carboxylic acids is 1. The molecule has 9 heavy (non-hydrogen) atoms. The summed E-state index contributed by atoms with van der Waals surface area (Å²) in [4.78, 5) is 9.93. The Bertz CT molecular complexity index is 159. The molecule has 0 spiro atoms. The van der Waals surface area contributed by atoms with E-state index in [-0.39, 0.29) is 0 Å². The average Bonchev–Trinajstić information content (AvgIpc) is 1.88. The molecule has 0 aromatic rings. The van der Waals surface area contributed by atoms with Gasteiger partial charge < -0.3 is 4.79 Å². The summed E-state index contributed by atoms with van der Waals surface area (Å²) >= 11 is 0. The first-order valence-corrected chi connectivity index (χ1v) is 2.80. The molecule has 1 heteroatoms. The molecule has 0 amide bonds. The van der Waals surface area contributed by atoms with Crippen LogP contribution in [0.2, 0.25) is 0 Å². The largest absolute Gasteiger partial charge is 0.303 e. The molecule has 0 rings (SSSR count). The fraction of sp³-hybridized carbons (Fsp3) is 0.250. The van der Waals surface area contributed by atoms with Crippen LogP contribution >= 0.6 is 0 Å². The molecule has 0 aliphatic rings. The second-order valence-corrected chi connectivity index (χ2v) is 1.57. The molecule has 0 fully saturated rings. The number of hydrogen-bond donors (Lipinski definition) is 0. The van der Waals surface area contributed by atoms with E-state index in [4.69, 9.17) is 0 Å². The van der Waals surface area contributed by atoms with Crippen molar-refractivity contribution in [2.24, 2.45) is 0 Å². The van der Waals surface area contributed by atoms with Crippen molar-refractivity contribution in [1.29, 1.82) is 0 Å². The highest BCUT2D eigenvalue weighted by atomic mass is 16.1. The van der Waals surface area contributed by atoms with E-state index in [1.807, 2.05) is 19.1 Å². The lowest BCUT2D eigenvalue weighted by Crippen LogP contribution is -1.75. The van der Waals surface area contributed by atoms with Gasteiger partial charge in [0.05, 0.1) is 0 Å². The molecule has 0 heterocycles. The van der Waals surface area contributed by atoms with Crippen LogP contribution in [0, 0.1) is 0 Å². The molecule has 0 saturated heterocycles. The number of allylic oxidation sites excluding steroid dienone is 3. The quantitative estimate of drug-likeness (QED) is 0.317. The summed E-state index contributed by atoms with van der Waals surface area (Å²) in [6.07, 6.45) is 4.93. The van der Waals surface area contributed by atoms with Gasteiger partial charge in [-0.15, -0.1) is 5.73 Å². The van der Waals surface area contributed by atoms with Crippen LogP contribution in [0.15, 0.2) is 30.0 Å². The van der Waals surface area contributed by atoms with Crippen LogP contribution in [0.1, 0.15) is 13.3 Å². The zero-order chi connectivity index (χ0) is 7.11. The van der Waals surface area contributed by atoms with Gasteiger partial charge in [0.1, 0.15) is 6.29 Å². The summed E-state index contributed by atoms with van der Waals surface area (Å²) in [5.74, 6) is 0. The van der Waals surface area contributed by atoms with E-state index in [2.05, 4.69) is 12.3 Å². The predicted octanol–water partition coefficient (Wildman–Crippen LogP) is 1.86. The molecule has 0 unspecified atom stereocenters. The summed E-state index contributed by atoms with van der Waals surface area (Å²) in [7, 11) is 0. The summed E-state index contributed by atoms with van der Waals surface area (Å²) in [5.41, 5.74) is 3.49. The maximum atomic E-state index is 9.93. The normalized spacial score (nSPS) is 9.00. The van der Waals surface area contributed by atoms with E-state index in [1.54, 1.807) is 0 Å². The lowest BCUT2D eigenvalue weighted by atomic mass is 10.2.